The molecule has 1 aliphatic rings. The maximum Gasteiger partial charge on any atom is 0.256 e. The van der Waals surface area contributed by atoms with Gasteiger partial charge in [-0.15, -0.1) is 0 Å². The maximum absolute atomic E-state index is 13.1. The fraction of sp³-hybridized carbons (Fsp3) is 0.280. The zero-order chi connectivity index (χ0) is 26.2. The van der Waals surface area contributed by atoms with Crippen molar-refractivity contribution in [3.8, 4) is 17.4 Å². The van der Waals surface area contributed by atoms with Crippen LogP contribution in [0.5, 0.6) is 0 Å². The molecule has 0 atom stereocenters. The number of nitrogens with one attached hydrogen (secondary N) is 2. The third-order valence-corrected chi connectivity index (χ3v) is 8.22. The number of carbonyl (C=O) groups is 1. The molecule has 0 radical (unpaired) electrons. The number of rotatable bonds is 7. The van der Waals surface area contributed by atoms with Crippen LogP contribution in [0, 0.1) is 6.92 Å². The summed E-state index contributed by atoms with van der Waals surface area (Å²) in [6, 6.07) is 10.8. The van der Waals surface area contributed by atoms with Crippen molar-refractivity contribution in [1.82, 2.24) is 24.1 Å². The Hall–Kier alpha value is -4.03. The van der Waals surface area contributed by atoms with Gasteiger partial charge in [-0.25, -0.2) is 13.4 Å². The Morgan fingerprint density at radius 2 is 1.89 bits per heavy atom. The number of furan rings is 1. The molecular formula is C25H26N6O5S. The molecule has 1 saturated heterocycles. The number of H-pyrrole nitrogens is 1. The summed E-state index contributed by atoms with van der Waals surface area (Å²) in [5.41, 5.74) is 1.52. The fourth-order valence-corrected chi connectivity index (χ4v) is 5.85. The Labute approximate surface area is 213 Å². The summed E-state index contributed by atoms with van der Waals surface area (Å²) in [6.07, 6.45) is 3.71. The first-order valence-corrected chi connectivity index (χ1v) is 13.4. The normalized spacial score (nSPS) is 14.2. The minimum absolute atomic E-state index is 0.139. The Bertz CT molecular complexity index is 1600. The van der Waals surface area contributed by atoms with Crippen molar-refractivity contribution in [2.24, 2.45) is 0 Å². The molecule has 4 aromatic rings. The number of sulfonamides is 1. The summed E-state index contributed by atoms with van der Waals surface area (Å²) in [5.74, 6) is 0.369. The molecule has 5 rings (SSSR count). The van der Waals surface area contributed by atoms with Crippen molar-refractivity contribution in [3.63, 3.8) is 0 Å². The van der Waals surface area contributed by atoms with Gasteiger partial charge in [-0.05, 0) is 62.6 Å². The van der Waals surface area contributed by atoms with E-state index >= 15 is 0 Å². The first kappa shape index (κ1) is 24.7. The SMILES string of the molecule is CCc1c(C)nc(-n2nc(-c3ccco3)cc2NC(=O)c2ccc(S(=O)(=O)N3CCCC3)cc2)[nH]c1=O. The van der Waals surface area contributed by atoms with Gasteiger partial charge in [-0.2, -0.15) is 14.1 Å². The number of hydrogen-bond donors (Lipinski definition) is 2. The number of aromatic nitrogens is 4. The maximum atomic E-state index is 13.1. The average molecular weight is 523 g/mol. The summed E-state index contributed by atoms with van der Waals surface area (Å²) < 4.78 is 33.8. The predicted octanol–water partition coefficient (Wildman–Crippen LogP) is 3.12. The smallest absolute Gasteiger partial charge is 0.256 e. The number of anilines is 1. The van der Waals surface area contributed by atoms with E-state index in [9.17, 15) is 18.0 Å². The van der Waals surface area contributed by atoms with Crippen LogP contribution in [0.25, 0.3) is 17.4 Å². The number of benzene rings is 1. The lowest BCUT2D eigenvalue weighted by Gasteiger charge is -2.15. The Morgan fingerprint density at radius 1 is 1.16 bits per heavy atom. The van der Waals surface area contributed by atoms with Crippen LogP contribution in [0.2, 0.25) is 0 Å². The highest BCUT2D eigenvalue weighted by Crippen LogP contribution is 2.25. The largest absolute Gasteiger partial charge is 0.463 e. The van der Waals surface area contributed by atoms with Crippen LogP contribution in [0.15, 0.2) is 62.8 Å². The van der Waals surface area contributed by atoms with Gasteiger partial charge in [0.2, 0.25) is 16.0 Å². The number of aryl methyl sites for hydroxylation is 1. The topological polar surface area (TPSA) is 143 Å². The van der Waals surface area contributed by atoms with Crippen LogP contribution in [0.3, 0.4) is 0 Å². The van der Waals surface area contributed by atoms with E-state index in [1.807, 2.05) is 6.92 Å². The monoisotopic (exact) mass is 522 g/mol. The van der Waals surface area contributed by atoms with Crippen LogP contribution < -0.4 is 10.9 Å². The van der Waals surface area contributed by atoms with E-state index in [4.69, 9.17) is 4.42 Å². The predicted molar refractivity (Wildman–Crippen MR) is 136 cm³/mol. The molecule has 12 heteroatoms. The van der Waals surface area contributed by atoms with E-state index in [-0.39, 0.29) is 27.8 Å². The second-order valence-corrected chi connectivity index (χ2v) is 10.6. The lowest BCUT2D eigenvalue weighted by Crippen LogP contribution is -2.27. The summed E-state index contributed by atoms with van der Waals surface area (Å²) in [4.78, 5) is 33.0. The highest BCUT2D eigenvalue weighted by atomic mass is 32.2. The molecule has 2 N–H and O–H groups in total. The van der Waals surface area contributed by atoms with Crippen molar-refractivity contribution in [3.05, 3.63) is 75.9 Å². The second-order valence-electron chi connectivity index (χ2n) is 8.70. The molecule has 0 saturated carbocycles. The lowest BCUT2D eigenvalue weighted by molar-refractivity contribution is 0.102. The summed E-state index contributed by atoms with van der Waals surface area (Å²) >= 11 is 0. The molecule has 37 heavy (non-hydrogen) atoms. The molecule has 0 unspecified atom stereocenters. The van der Waals surface area contributed by atoms with E-state index in [1.54, 1.807) is 25.1 Å². The highest BCUT2D eigenvalue weighted by Gasteiger charge is 2.27. The van der Waals surface area contributed by atoms with Crippen LogP contribution in [-0.2, 0) is 16.4 Å². The Kier molecular flexibility index (Phi) is 6.52. The lowest BCUT2D eigenvalue weighted by atomic mass is 10.2. The second kappa shape index (κ2) is 9.79. The third-order valence-electron chi connectivity index (χ3n) is 6.31. The number of nitrogens with zero attached hydrogens (tertiary/aromatic N) is 4. The standard InChI is InChI=1S/C25H26N6O5S/c1-3-19-16(2)26-25(28-24(19)33)31-22(15-20(29-31)21-7-6-14-36-21)27-23(32)17-8-10-18(11-9-17)37(34,35)30-12-4-5-13-30/h6-11,14-15H,3-5,12-13H2,1-2H3,(H,27,32)(H,26,28,33). The van der Waals surface area contributed by atoms with Crippen LogP contribution in [-0.4, -0.2) is 51.5 Å². The minimum atomic E-state index is -3.58. The zero-order valence-electron chi connectivity index (χ0n) is 20.4. The molecule has 1 aliphatic heterocycles. The first-order chi connectivity index (χ1) is 17.8. The average Bonchev–Trinajstić information content (AvgIpc) is 3.66. The van der Waals surface area contributed by atoms with Gasteiger partial charge in [-0.1, -0.05) is 6.92 Å². The van der Waals surface area contributed by atoms with E-state index in [1.165, 1.54) is 39.5 Å². The highest BCUT2D eigenvalue weighted by molar-refractivity contribution is 7.89. The van der Waals surface area contributed by atoms with Gasteiger partial charge in [-0.3, -0.25) is 14.6 Å². The fourth-order valence-electron chi connectivity index (χ4n) is 4.33. The quantitative estimate of drug-likeness (QED) is 0.380. The molecule has 0 spiro atoms. The van der Waals surface area contributed by atoms with Gasteiger partial charge in [0.25, 0.3) is 11.5 Å². The van der Waals surface area contributed by atoms with Gasteiger partial charge in [0.1, 0.15) is 11.5 Å². The van der Waals surface area contributed by atoms with Gasteiger partial charge in [0, 0.05) is 36.0 Å². The van der Waals surface area contributed by atoms with Crippen molar-refractivity contribution < 1.29 is 17.6 Å². The number of hydrogen-bond acceptors (Lipinski definition) is 7. The molecule has 0 aliphatic carbocycles. The van der Waals surface area contributed by atoms with Crippen LogP contribution >= 0.6 is 0 Å². The Balaban J connectivity index is 1.47. The summed E-state index contributed by atoms with van der Waals surface area (Å²) in [6.45, 7) is 4.61. The summed E-state index contributed by atoms with van der Waals surface area (Å²) in [5, 5.41) is 7.28. The van der Waals surface area contributed by atoms with Gasteiger partial charge in [0.05, 0.1) is 11.2 Å². The first-order valence-electron chi connectivity index (χ1n) is 11.9. The van der Waals surface area contributed by atoms with Crippen molar-refractivity contribution >= 4 is 21.7 Å². The molecule has 11 nitrogen and oxygen atoms in total. The molecule has 0 bridgehead atoms. The molecule has 3 aromatic heterocycles. The molecule has 1 amide bonds. The van der Waals surface area contributed by atoms with E-state index < -0.39 is 15.9 Å². The van der Waals surface area contributed by atoms with Crippen molar-refractivity contribution in [1.29, 1.82) is 0 Å². The van der Waals surface area contributed by atoms with Crippen LogP contribution in [0.4, 0.5) is 5.82 Å². The molecular weight excluding hydrogens is 496 g/mol. The van der Waals surface area contributed by atoms with E-state index in [0.717, 1.165) is 12.8 Å². The minimum Gasteiger partial charge on any atom is -0.463 e. The third kappa shape index (κ3) is 4.72. The molecule has 1 aromatic carbocycles. The van der Waals surface area contributed by atoms with E-state index in [0.29, 0.717) is 42.2 Å². The van der Waals surface area contributed by atoms with Crippen molar-refractivity contribution in [2.75, 3.05) is 18.4 Å². The van der Waals surface area contributed by atoms with Gasteiger partial charge >= 0.3 is 0 Å². The molecule has 192 valence electrons. The van der Waals surface area contributed by atoms with Gasteiger partial charge < -0.3 is 9.73 Å². The van der Waals surface area contributed by atoms with E-state index in [2.05, 4.69) is 20.4 Å². The number of aromatic amines is 1. The van der Waals surface area contributed by atoms with Gasteiger partial charge in [0.15, 0.2) is 5.76 Å². The summed E-state index contributed by atoms with van der Waals surface area (Å²) in [7, 11) is -3.58. The number of carbonyl (C=O) groups excluding carboxylic acids is 1. The zero-order valence-corrected chi connectivity index (χ0v) is 21.2. The van der Waals surface area contributed by atoms with Crippen LogP contribution in [0.1, 0.15) is 41.4 Å². The Morgan fingerprint density at radius 3 is 2.51 bits per heavy atom. The molecule has 4 heterocycles. The van der Waals surface area contributed by atoms with Crippen molar-refractivity contribution in [2.45, 2.75) is 38.0 Å². The molecule has 1 fully saturated rings. The number of amides is 1.